The van der Waals surface area contributed by atoms with Crippen molar-refractivity contribution in [2.24, 2.45) is 0 Å². The molecule has 4 nitrogen and oxygen atoms in total. The second-order valence-corrected chi connectivity index (χ2v) is 5.20. The number of carbonyl (C=O) groups is 2. The second-order valence-electron chi connectivity index (χ2n) is 5.20. The average Bonchev–Trinajstić information content (AvgIpc) is 2.66. The predicted molar refractivity (Wildman–Crippen MR) is 77.9 cm³/mol. The molecule has 2 amide bonds. The molecule has 0 bridgehead atoms. The highest BCUT2D eigenvalue weighted by Gasteiger charge is 2.27. The molecule has 106 valence electrons. The zero-order chi connectivity index (χ0) is 14.5. The van der Waals surface area contributed by atoms with Crippen molar-refractivity contribution in [3.8, 4) is 0 Å². The molecule has 0 spiro atoms. The molecular formula is C16H20N2O2. The van der Waals surface area contributed by atoms with Gasteiger partial charge in [-0.05, 0) is 32.5 Å². The van der Waals surface area contributed by atoms with Gasteiger partial charge in [-0.25, -0.2) is 0 Å². The lowest BCUT2D eigenvalue weighted by Gasteiger charge is -2.19. The van der Waals surface area contributed by atoms with Gasteiger partial charge < -0.3 is 4.90 Å². The molecule has 1 aliphatic rings. The normalized spacial score (nSPS) is 15.2. The lowest BCUT2D eigenvalue weighted by Crippen LogP contribution is -2.33. The molecule has 1 aromatic carbocycles. The molecule has 1 aromatic rings. The average molecular weight is 272 g/mol. The monoisotopic (exact) mass is 272 g/mol. The summed E-state index contributed by atoms with van der Waals surface area (Å²) in [6.45, 7) is 3.90. The maximum Gasteiger partial charge on any atom is 0.256 e. The fraction of sp³-hybridized carbons (Fsp3) is 0.375. The van der Waals surface area contributed by atoms with Gasteiger partial charge in [0.25, 0.3) is 11.8 Å². The Morgan fingerprint density at radius 2 is 1.85 bits per heavy atom. The summed E-state index contributed by atoms with van der Waals surface area (Å²) >= 11 is 0. The van der Waals surface area contributed by atoms with Crippen LogP contribution in [-0.4, -0.2) is 41.8 Å². The molecule has 4 heteroatoms. The fourth-order valence-corrected chi connectivity index (χ4v) is 2.32. The van der Waals surface area contributed by atoms with Crippen LogP contribution in [0.25, 0.3) is 0 Å². The Morgan fingerprint density at radius 3 is 2.45 bits per heavy atom. The molecule has 0 unspecified atom stereocenters. The van der Waals surface area contributed by atoms with E-state index in [0.717, 1.165) is 19.5 Å². The van der Waals surface area contributed by atoms with Crippen LogP contribution in [0.15, 0.2) is 42.0 Å². The van der Waals surface area contributed by atoms with Crippen LogP contribution in [0.3, 0.4) is 0 Å². The standard InChI is InChI=1S/C16H20N2O2/c1-13-11-15(19)18(16(13)20)10-6-9-17(2)12-14-7-4-3-5-8-14/h3-5,7-8,11H,6,9-10,12H2,1-2H3. The molecule has 0 atom stereocenters. The minimum absolute atomic E-state index is 0.152. The summed E-state index contributed by atoms with van der Waals surface area (Å²) in [6.07, 6.45) is 2.21. The number of benzene rings is 1. The quantitative estimate of drug-likeness (QED) is 0.742. The van der Waals surface area contributed by atoms with Gasteiger partial charge >= 0.3 is 0 Å². The van der Waals surface area contributed by atoms with Gasteiger partial charge in [-0.2, -0.15) is 0 Å². The van der Waals surface area contributed by atoms with E-state index in [9.17, 15) is 9.59 Å². The Morgan fingerprint density at radius 1 is 1.15 bits per heavy atom. The van der Waals surface area contributed by atoms with Gasteiger partial charge in [0.15, 0.2) is 0 Å². The van der Waals surface area contributed by atoms with E-state index in [4.69, 9.17) is 0 Å². The highest BCUT2D eigenvalue weighted by Crippen LogP contribution is 2.12. The van der Waals surface area contributed by atoms with Crippen molar-refractivity contribution in [3.63, 3.8) is 0 Å². The summed E-state index contributed by atoms with van der Waals surface area (Å²) in [5.74, 6) is -0.334. The van der Waals surface area contributed by atoms with Crippen LogP contribution < -0.4 is 0 Å². The van der Waals surface area contributed by atoms with Crippen molar-refractivity contribution in [2.75, 3.05) is 20.1 Å². The van der Waals surface area contributed by atoms with Gasteiger partial charge in [-0.1, -0.05) is 30.3 Å². The SMILES string of the molecule is CC1=CC(=O)N(CCCN(C)Cc2ccccc2)C1=O. The van der Waals surface area contributed by atoms with E-state index >= 15 is 0 Å². The molecular weight excluding hydrogens is 252 g/mol. The molecule has 0 fully saturated rings. The van der Waals surface area contributed by atoms with Crippen molar-refractivity contribution < 1.29 is 9.59 Å². The van der Waals surface area contributed by atoms with Gasteiger partial charge in [0.2, 0.25) is 0 Å². The van der Waals surface area contributed by atoms with Gasteiger partial charge in [0, 0.05) is 24.7 Å². The van der Waals surface area contributed by atoms with Crippen molar-refractivity contribution in [1.29, 1.82) is 0 Å². The van der Waals surface area contributed by atoms with E-state index in [1.165, 1.54) is 16.5 Å². The zero-order valence-electron chi connectivity index (χ0n) is 12.0. The van der Waals surface area contributed by atoms with Crippen LogP contribution in [0, 0.1) is 0 Å². The smallest absolute Gasteiger partial charge is 0.256 e. The maximum absolute atomic E-state index is 11.7. The van der Waals surface area contributed by atoms with Gasteiger partial charge in [-0.15, -0.1) is 0 Å². The van der Waals surface area contributed by atoms with E-state index in [1.807, 2.05) is 25.2 Å². The van der Waals surface area contributed by atoms with Crippen LogP contribution >= 0.6 is 0 Å². The third-order valence-electron chi connectivity index (χ3n) is 3.41. The van der Waals surface area contributed by atoms with Crippen molar-refractivity contribution in [3.05, 3.63) is 47.5 Å². The number of amides is 2. The molecule has 20 heavy (non-hydrogen) atoms. The van der Waals surface area contributed by atoms with E-state index in [1.54, 1.807) is 6.92 Å². The topological polar surface area (TPSA) is 40.6 Å². The minimum Gasteiger partial charge on any atom is -0.302 e. The largest absolute Gasteiger partial charge is 0.302 e. The van der Waals surface area contributed by atoms with Gasteiger partial charge in [0.05, 0.1) is 0 Å². The highest BCUT2D eigenvalue weighted by atomic mass is 16.2. The van der Waals surface area contributed by atoms with Crippen LogP contribution in [-0.2, 0) is 16.1 Å². The third kappa shape index (κ3) is 3.54. The zero-order valence-corrected chi connectivity index (χ0v) is 12.0. The first-order chi connectivity index (χ1) is 9.58. The van der Waals surface area contributed by atoms with Crippen molar-refractivity contribution in [1.82, 2.24) is 9.80 Å². The second kappa shape index (κ2) is 6.48. The first-order valence-electron chi connectivity index (χ1n) is 6.84. The third-order valence-corrected chi connectivity index (χ3v) is 3.41. The Hall–Kier alpha value is -1.94. The maximum atomic E-state index is 11.7. The van der Waals surface area contributed by atoms with Crippen LogP contribution in [0.5, 0.6) is 0 Å². The number of imide groups is 1. The molecule has 0 radical (unpaired) electrons. The first-order valence-corrected chi connectivity index (χ1v) is 6.84. The molecule has 0 saturated carbocycles. The Kier molecular flexibility index (Phi) is 4.69. The summed E-state index contributed by atoms with van der Waals surface area (Å²) in [5.41, 5.74) is 1.80. The molecule has 1 aliphatic heterocycles. The van der Waals surface area contributed by atoms with Gasteiger partial charge in [-0.3, -0.25) is 14.5 Å². The Balaban J connectivity index is 1.74. The molecule has 0 saturated heterocycles. The first kappa shape index (κ1) is 14.5. The van der Waals surface area contributed by atoms with Crippen molar-refractivity contribution in [2.45, 2.75) is 19.9 Å². The molecule has 0 N–H and O–H groups in total. The highest BCUT2D eigenvalue weighted by molar-refractivity contribution is 6.15. The van der Waals surface area contributed by atoms with E-state index < -0.39 is 0 Å². The number of rotatable bonds is 6. The lowest BCUT2D eigenvalue weighted by atomic mass is 10.2. The van der Waals surface area contributed by atoms with E-state index in [-0.39, 0.29) is 11.8 Å². The molecule has 0 aliphatic carbocycles. The van der Waals surface area contributed by atoms with E-state index in [0.29, 0.717) is 12.1 Å². The number of nitrogens with zero attached hydrogens (tertiary/aromatic N) is 2. The number of carbonyl (C=O) groups excluding carboxylic acids is 2. The lowest BCUT2D eigenvalue weighted by molar-refractivity contribution is -0.137. The van der Waals surface area contributed by atoms with Crippen molar-refractivity contribution >= 4 is 11.8 Å². The molecule has 0 aromatic heterocycles. The summed E-state index contributed by atoms with van der Waals surface area (Å²) in [5, 5.41) is 0. The predicted octanol–water partition coefficient (Wildman–Crippen LogP) is 1.82. The minimum atomic E-state index is -0.182. The Labute approximate surface area is 119 Å². The van der Waals surface area contributed by atoms with Crippen LogP contribution in [0.4, 0.5) is 0 Å². The fourth-order valence-electron chi connectivity index (χ4n) is 2.32. The summed E-state index contributed by atoms with van der Waals surface area (Å²) in [6, 6.07) is 10.2. The summed E-state index contributed by atoms with van der Waals surface area (Å²) < 4.78 is 0. The summed E-state index contributed by atoms with van der Waals surface area (Å²) in [4.78, 5) is 26.8. The summed E-state index contributed by atoms with van der Waals surface area (Å²) in [7, 11) is 2.05. The Bertz CT molecular complexity index is 523. The van der Waals surface area contributed by atoms with E-state index in [2.05, 4.69) is 17.0 Å². The number of hydrogen-bond acceptors (Lipinski definition) is 3. The number of hydrogen-bond donors (Lipinski definition) is 0. The van der Waals surface area contributed by atoms with Gasteiger partial charge in [0.1, 0.15) is 0 Å². The van der Waals surface area contributed by atoms with Crippen LogP contribution in [0.2, 0.25) is 0 Å². The van der Waals surface area contributed by atoms with Crippen LogP contribution in [0.1, 0.15) is 18.9 Å². The molecule has 2 rings (SSSR count). The molecule has 1 heterocycles.